The van der Waals surface area contributed by atoms with Crippen molar-refractivity contribution in [2.45, 2.75) is 17.8 Å². The molecular weight excluding hydrogens is 485 g/mol. The molecule has 3 heterocycles. The van der Waals surface area contributed by atoms with E-state index in [1.165, 1.54) is 23.1 Å². The zero-order valence-corrected chi connectivity index (χ0v) is 20.7. The topological polar surface area (TPSA) is 61.9 Å². The summed E-state index contributed by atoms with van der Waals surface area (Å²) in [6, 6.07) is 21.1. The van der Waals surface area contributed by atoms with Crippen molar-refractivity contribution in [3.63, 3.8) is 0 Å². The summed E-state index contributed by atoms with van der Waals surface area (Å²) in [6.07, 6.45) is 3.56. The first-order chi connectivity index (χ1) is 16.7. The molecule has 0 aliphatic heterocycles. The van der Waals surface area contributed by atoms with E-state index in [4.69, 9.17) is 21.9 Å². The molecule has 2 aromatic carbocycles. The minimum atomic E-state index is -0.145. The summed E-state index contributed by atoms with van der Waals surface area (Å²) in [5, 5.41) is 0.586. The molecule has 0 radical (unpaired) electrons. The minimum Gasteiger partial charge on any atom is -0.492 e. The molecule has 9 heteroatoms. The molecule has 0 fully saturated rings. The van der Waals surface area contributed by atoms with Gasteiger partial charge in [0.25, 0.3) is 5.56 Å². The molecule has 6 nitrogen and oxygen atoms in total. The number of para-hydroxylation sites is 3. The molecule has 34 heavy (non-hydrogen) atoms. The molecule has 0 N–H and O–H groups in total. The highest BCUT2D eigenvalue weighted by atomic mass is 32.2. The molecule has 0 atom stereocenters. The number of thiazole rings is 1. The van der Waals surface area contributed by atoms with E-state index in [-0.39, 0.29) is 5.56 Å². The number of aromatic nitrogens is 4. The molecule has 3 aromatic heterocycles. The van der Waals surface area contributed by atoms with Crippen LogP contribution in [0, 0.1) is 3.95 Å². The highest BCUT2D eigenvalue weighted by Crippen LogP contribution is 2.32. The quantitative estimate of drug-likeness (QED) is 0.153. The van der Waals surface area contributed by atoms with Crippen molar-refractivity contribution < 1.29 is 4.74 Å². The number of thioether (sulfide) groups is 1. The van der Waals surface area contributed by atoms with Gasteiger partial charge in [-0.1, -0.05) is 59.5 Å². The standard InChI is InChI=1S/C25H20N4O2S3/c1-2-31-20-13-7-6-12-19(20)29-22-21(34-25(29)32)23(30)28(18-10-4-3-5-11-18)24(27-22)33-16-17-9-8-14-26-15-17/h3-15H,2,16H2,1H3. The van der Waals surface area contributed by atoms with Crippen LogP contribution in [0.4, 0.5) is 0 Å². The predicted octanol–water partition coefficient (Wildman–Crippen LogP) is 6.05. The normalized spacial score (nSPS) is 11.1. The predicted molar refractivity (Wildman–Crippen MR) is 140 cm³/mol. The molecule has 0 spiro atoms. The lowest BCUT2D eigenvalue weighted by Gasteiger charge is -2.14. The maximum absolute atomic E-state index is 13.8. The third-order valence-corrected chi connectivity index (χ3v) is 7.45. The smallest absolute Gasteiger partial charge is 0.278 e. The summed E-state index contributed by atoms with van der Waals surface area (Å²) >= 11 is 8.46. The van der Waals surface area contributed by atoms with Crippen molar-refractivity contribution in [1.29, 1.82) is 0 Å². The minimum absolute atomic E-state index is 0.145. The van der Waals surface area contributed by atoms with Crippen LogP contribution in [-0.4, -0.2) is 25.7 Å². The van der Waals surface area contributed by atoms with Gasteiger partial charge in [0.15, 0.2) is 14.8 Å². The zero-order valence-electron chi connectivity index (χ0n) is 18.2. The van der Waals surface area contributed by atoms with Crippen molar-refractivity contribution >= 4 is 45.7 Å². The molecule has 0 saturated heterocycles. The molecular formula is C25H20N4O2S3. The third kappa shape index (κ3) is 4.29. The number of ether oxygens (including phenoxy) is 1. The van der Waals surface area contributed by atoms with Crippen molar-refractivity contribution in [3.8, 4) is 17.1 Å². The highest BCUT2D eigenvalue weighted by molar-refractivity contribution is 7.98. The average Bonchev–Trinajstić information content (AvgIpc) is 3.20. The zero-order chi connectivity index (χ0) is 23.5. The summed E-state index contributed by atoms with van der Waals surface area (Å²) in [4.78, 5) is 23.0. The van der Waals surface area contributed by atoms with Gasteiger partial charge in [0.05, 0.1) is 18.0 Å². The van der Waals surface area contributed by atoms with E-state index in [0.29, 0.717) is 37.6 Å². The Kier molecular flexibility index (Phi) is 6.57. The van der Waals surface area contributed by atoms with Gasteiger partial charge in [0.2, 0.25) is 0 Å². The van der Waals surface area contributed by atoms with E-state index in [1.807, 2.05) is 84.4 Å². The van der Waals surface area contributed by atoms with Gasteiger partial charge in [0.1, 0.15) is 10.4 Å². The van der Waals surface area contributed by atoms with Gasteiger partial charge >= 0.3 is 0 Å². The van der Waals surface area contributed by atoms with Crippen LogP contribution < -0.4 is 10.3 Å². The summed E-state index contributed by atoms with van der Waals surface area (Å²) < 4.78 is 10.4. The molecule has 5 aromatic rings. The van der Waals surface area contributed by atoms with Crippen LogP contribution in [0.5, 0.6) is 5.75 Å². The van der Waals surface area contributed by atoms with Gasteiger partial charge in [-0.3, -0.25) is 18.9 Å². The van der Waals surface area contributed by atoms with E-state index < -0.39 is 0 Å². The van der Waals surface area contributed by atoms with Crippen molar-refractivity contribution in [1.82, 2.24) is 19.1 Å². The van der Waals surface area contributed by atoms with Gasteiger partial charge in [-0.2, -0.15) is 0 Å². The first-order valence-corrected chi connectivity index (χ1v) is 12.9. The molecule has 0 unspecified atom stereocenters. The largest absolute Gasteiger partial charge is 0.492 e. The van der Waals surface area contributed by atoms with Crippen LogP contribution in [0.2, 0.25) is 0 Å². The number of hydrogen-bond donors (Lipinski definition) is 0. The number of benzene rings is 2. The maximum atomic E-state index is 13.8. The van der Waals surface area contributed by atoms with Gasteiger partial charge < -0.3 is 4.74 Å². The second-order valence-electron chi connectivity index (χ2n) is 7.28. The van der Waals surface area contributed by atoms with E-state index in [1.54, 1.807) is 10.8 Å². The lowest BCUT2D eigenvalue weighted by Crippen LogP contribution is -2.21. The van der Waals surface area contributed by atoms with Gasteiger partial charge in [-0.05, 0) is 55.0 Å². The third-order valence-electron chi connectivity index (χ3n) is 5.09. The lowest BCUT2D eigenvalue weighted by molar-refractivity contribution is 0.339. The van der Waals surface area contributed by atoms with Crippen LogP contribution in [0.3, 0.4) is 0 Å². The Morgan fingerprint density at radius 3 is 2.59 bits per heavy atom. The van der Waals surface area contributed by atoms with Crippen LogP contribution in [0.25, 0.3) is 21.7 Å². The SMILES string of the molecule is CCOc1ccccc1-n1c(=S)sc2c(=O)n(-c3ccccc3)c(SCc3cccnc3)nc21. The highest BCUT2D eigenvalue weighted by Gasteiger charge is 2.20. The van der Waals surface area contributed by atoms with Crippen molar-refractivity contribution in [3.05, 3.63) is 99.0 Å². The first kappa shape index (κ1) is 22.5. The van der Waals surface area contributed by atoms with E-state index >= 15 is 0 Å². The van der Waals surface area contributed by atoms with Gasteiger partial charge in [-0.15, -0.1) is 0 Å². The van der Waals surface area contributed by atoms with Crippen molar-refractivity contribution in [2.75, 3.05) is 6.61 Å². The summed E-state index contributed by atoms with van der Waals surface area (Å²) in [6.45, 7) is 2.46. The number of pyridine rings is 1. The van der Waals surface area contributed by atoms with Crippen molar-refractivity contribution in [2.24, 2.45) is 0 Å². The molecule has 0 bridgehead atoms. The maximum Gasteiger partial charge on any atom is 0.278 e. The summed E-state index contributed by atoms with van der Waals surface area (Å²) in [7, 11) is 0. The monoisotopic (exact) mass is 504 g/mol. The fourth-order valence-corrected chi connectivity index (χ4v) is 5.83. The fourth-order valence-electron chi connectivity index (χ4n) is 3.60. The summed E-state index contributed by atoms with van der Waals surface area (Å²) in [5.74, 6) is 1.32. The Labute approximate surface area is 209 Å². The van der Waals surface area contributed by atoms with Crippen LogP contribution in [0.1, 0.15) is 12.5 Å². The number of fused-ring (bicyclic) bond motifs is 1. The molecule has 170 valence electrons. The number of rotatable bonds is 7. The second-order valence-corrected chi connectivity index (χ2v) is 9.86. The van der Waals surface area contributed by atoms with Gasteiger partial charge in [-0.25, -0.2) is 4.98 Å². The van der Waals surface area contributed by atoms with Crippen LogP contribution >= 0.6 is 35.3 Å². The Bertz CT molecular complexity index is 1560. The second kappa shape index (κ2) is 9.92. The van der Waals surface area contributed by atoms with Gasteiger partial charge in [0, 0.05) is 18.1 Å². The molecule has 5 rings (SSSR count). The lowest BCUT2D eigenvalue weighted by atomic mass is 10.3. The van der Waals surface area contributed by atoms with E-state index in [2.05, 4.69) is 4.98 Å². The Balaban J connectivity index is 1.74. The average molecular weight is 505 g/mol. The van der Waals surface area contributed by atoms with E-state index in [0.717, 1.165) is 16.9 Å². The molecule has 0 aliphatic carbocycles. The van der Waals surface area contributed by atoms with E-state index in [9.17, 15) is 4.79 Å². The summed E-state index contributed by atoms with van der Waals surface area (Å²) in [5.41, 5.74) is 2.97. The molecule has 0 aliphatic rings. The molecule has 0 amide bonds. The number of hydrogen-bond acceptors (Lipinski definition) is 7. The Morgan fingerprint density at radius 1 is 1.03 bits per heavy atom. The Hall–Kier alpha value is -3.27. The fraction of sp³-hybridized carbons (Fsp3) is 0.120. The first-order valence-electron chi connectivity index (χ1n) is 10.7. The Morgan fingerprint density at radius 2 is 1.82 bits per heavy atom. The number of nitrogens with zero attached hydrogens (tertiary/aromatic N) is 4. The van der Waals surface area contributed by atoms with Crippen LogP contribution in [0.15, 0.2) is 89.1 Å². The molecule has 0 saturated carbocycles. The van der Waals surface area contributed by atoms with Crippen LogP contribution in [-0.2, 0) is 5.75 Å².